The van der Waals surface area contributed by atoms with Crippen molar-refractivity contribution in [2.24, 2.45) is 17.3 Å². The molecule has 1 aliphatic carbocycles. The largest absolute Gasteiger partial charge is 0.388 e. The molecule has 0 radical (unpaired) electrons. The van der Waals surface area contributed by atoms with Crippen molar-refractivity contribution in [1.29, 1.82) is 0 Å². The van der Waals surface area contributed by atoms with Gasteiger partial charge in [0.05, 0.1) is 11.7 Å². The molecule has 1 fully saturated rings. The topological polar surface area (TPSA) is 20.2 Å². The summed E-state index contributed by atoms with van der Waals surface area (Å²) in [5.74, 6) is -0.706. The van der Waals surface area contributed by atoms with Gasteiger partial charge in [0, 0.05) is 0 Å². The summed E-state index contributed by atoms with van der Waals surface area (Å²) >= 11 is 0. The van der Waals surface area contributed by atoms with Crippen LogP contribution in [0, 0.1) is 28.9 Å². The standard InChI is InChI=1S/C17H24F2O/c1-17(2,3)12-9-7-11(8-10-12)16(20)15-13(18)5-4-6-14(15)19/h4-6,11-12,16,20H,7-10H2,1-3H3. The lowest BCUT2D eigenvalue weighted by molar-refractivity contribution is 0.0483. The van der Waals surface area contributed by atoms with Gasteiger partial charge in [0.1, 0.15) is 11.6 Å². The maximum absolute atomic E-state index is 13.7. The third kappa shape index (κ3) is 3.20. The molecule has 2 rings (SSSR count). The molecule has 0 amide bonds. The molecule has 1 aliphatic rings. The molecule has 1 atom stereocenters. The second-order valence-electron chi connectivity index (χ2n) is 7.06. The summed E-state index contributed by atoms with van der Waals surface area (Å²) in [6, 6.07) is 3.75. The zero-order valence-corrected chi connectivity index (χ0v) is 12.5. The second kappa shape index (κ2) is 5.80. The van der Waals surface area contributed by atoms with Crippen molar-refractivity contribution in [3.8, 4) is 0 Å². The number of hydrogen-bond donors (Lipinski definition) is 1. The Bertz CT molecular complexity index is 436. The van der Waals surface area contributed by atoms with Gasteiger partial charge in [0.15, 0.2) is 0 Å². The molecule has 3 heteroatoms. The van der Waals surface area contributed by atoms with E-state index in [4.69, 9.17) is 0 Å². The molecule has 1 aromatic carbocycles. The van der Waals surface area contributed by atoms with Crippen LogP contribution < -0.4 is 0 Å². The summed E-state index contributed by atoms with van der Waals surface area (Å²) in [5, 5.41) is 10.3. The van der Waals surface area contributed by atoms with Gasteiger partial charge in [-0.1, -0.05) is 26.8 Å². The van der Waals surface area contributed by atoms with Crippen LogP contribution in [0.15, 0.2) is 18.2 Å². The van der Waals surface area contributed by atoms with Gasteiger partial charge in [-0.05, 0) is 55.1 Å². The van der Waals surface area contributed by atoms with E-state index in [2.05, 4.69) is 20.8 Å². The average molecular weight is 282 g/mol. The van der Waals surface area contributed by atoms with Gasteiger partial charge in [0.2, 0.25) is 0 Å². The third-order valence-electron chi connectivity index (χ3n) is 4.74. The van der Waals surface area contributed by atoms with Crippen LogP contribution in [0.25, 0.3) is 0 Å². The minimum Gasteiger partial charge on any atom is -0.388 e. The Labute approximate surface area is 120 Å². The van der Waals surface area contributed by atoms with Gasteiger partial charge in [-0.15, -0.1) is 0 Å². The highest BCUT2D eigenvalue weighted by atomic mass is 19.1. The van der Waals surface area contributed by atoms with Crippen LogP contribution in [-0.4, -0.2) is 5.11 Å². The molecule has 0 aliphatic heterocycles. The molecule has 1 unspecified atom stereocenters. The van der Waals surface area contributed by atoms with Gasteiger partial charge in [-0.3, -0.25) is 0 Å². The quantitative estimate of drug-likeness (QED) is 0.822. The summed E-state index contributed by atoms with van der Waals surface area (Å²) < 4.78 is 27.4. The number of aliphatic hydroxyl groups excluding tert-OH is 1. The van der Waals surface area contributed by atoms with E-state index in [1.807, 2.05) is 0 Å². The lowest BCUT2D eigenvalue weighted by atomic mass is 9.68. The van der Waals surface area contributed by atoms with E-state index >= 15 is 0 Å². The average Bonchev–Trinajstić information content (AvgIpc) is 2.37. The molecule has 0 bridgehead atoms. The monoisotopic (exact) mass is 282 g/mol. The fourth-order valence-corrected chi connectivity index (χ4v) is 3.33. The Morgan fingerprint density at radius 1 is 1.05 bits per heavy atom. The minimum atomic E-state index is -1.03. The van der Waals surface area contributed by atoms with E-state index in [1.165, 1.54) is 18.2 Å². The molecule has 0 aromatic heterocycles. The Morgan fingerprint density at radius 3 is 2.00 bits per heavy atom. The molecule has 20 heavy (non-hydrogen) atoms. The van der Waals surface area contributed by atoms with Gasteiger partial charge < -0.3 is 5.11 Å². The smallest absolute Gasteiger partial charge is 0.131 e. The predicted molar refractivity (Wildman–Crippen MR) is 76.2 cm³/mol. The second-order valence-corrected chi connectivity index (χ2v) is 7.06. The van der Waals surface area contributed by atoms with Crippen molar-refractivity contribution in [2.75, 3.05) is 0 Å². The van der Waals surface area contributed by atoms with Gasteiger partial charge in [-0.2, -0.15) is 0 Å². The van der Waals surface area contributed by atoms with Crippen molar-refractivity contribution in [2.45, 2.75) is 52.6 Å². The molecule has 112 valence electrons. The molecule has 1 saturated carbocycles. The fourth-order valence-electron chi connectivity index (χ4n) is 3.33. The molecule has 0 heterocycles. The van der Waals surface area contributed by atoms with E-state index < -0.39 is 17.7 Å². The first-order valence-corrected chi connectivity index (χ1v) is 7.42. The van der Waals surface area contributed by atoms with Gasteiger partial charge in [-0.25, -0.2) is 8.78 Å². The molecule has 0 saturated heterocycles. The third-order valence-corrected chi connectivity index (χ3v) is 4.74. The zero-order chi connectivity index (χ0) is 14.9. The summed E-state index contributed by atoms with van der Waals surface area (Å²) in [7, 11) is 0. The lowest BCUT2D eigenvalue weighted by Crippen LogP contribution is -2.28. The van der Waals surface area contributed by atoms with Crippen LogP contribution in [-0.2, 0) is 0 Å². The number of aliphatic hydroxyl groups is 1. The molecule has 0 spiro atoms. The summed E-state index contributed by atoms with van der Waals surface area (Å²) in [6.45, 7) is 6.68. The normalized spacial score (nSPS) is 25.5. The first-order chi connectivity index (χ1) is 9.30. The van der Waals surface area contributed by atoms with E-state index in [0.717, 1.165) is 25.7 Å². The van der Waals surface area contributed by atoms with Crippen molar-refractivity contribution in [1.82, 2.24) is 0 Å². The fraction of sp³-hybridized carbons (Fsp3) is 0.647. The molecular formula is C17H24F2O. The maximum Gasteiger partial charge on any atom is 0.131 e. The first kappa shape index (κ1) is 15.4. The van der Waals surface area contributed by atoms with Crippen molar-refractivity contribution in [3.63, 3.8) is 0 Å². The van der Waals surface area contributed by atoms with Crippen LogP contribution in [0.3, 0.4) is 0 Å². The number of hydrogen-bond acceptors (Lipinski definition) is 1. The van der Waals surface area contributed by atoms with Crippen molar-refractivity contribution >= 4 is 0 Å². The molecule has 1 N–H and O–H groups in total. The highest BCUT2D eigenvalue weighted by Gasteiger charge is 2.34. The van der Waals surface area contributed by atoms with Crippen LogP contribution in [0.2, 0.25) is 0 Å². The van der Waals surface area contributed by atoms with Gasteiger partial charge >= 0.3 is 0 Å². The van der Waals surface area contributed by atoms with E-state index in [1.54, 1.807) is 0 Å². The van der Waals surface area contributed by atoms with Crippen LogP contribution in [0.1, 0.15) is 58.1 Å². The molecule has 1 nitrogen and oxygen atoms in total. The van der Waals surface area contributed by atoms with E-state index in [9.17, 15) is 13.9 Å². The highest BCUT2D eigenvalue weighted by Crippen LogP contribution is 2.43. The van der Waals surface area contributed by atoms with Crippen LogP contribution in [0.4, 0.5) is 8.78 Å². The molecule has 1 aromatic rings. The van der Waals surface area contributed by atoms with Gasteiger partial charge in [0.25, 0.3) is 0 Å². The minimum absolute atomic E-state index is 0.0417. The lowest BCUT2D eigenvalue weighted by Gasteiger charge is -2.38. The Kier molecular flexibility index (Phi) is 4.48. The predicted octanol–water partition coefficient (Wildman–Crippen LogP) is 4.85. The van der Waals surface area contributed by atoms with Crippen LogP contribution >= 0.6 is 0 Å². The summed E-state index contributed by atoms with van der Waals surface area (Å²) in [5.41, 5.74) is 0.103. The summed E-state index contributed by atoms with van der Waals surface area (Å²) in [4.78, 5) is 0. The Hall–Kier alpha value is -0.960. The van der Waals surface area contributed by atoms with Crippen molar-refractivity contribution < 1.29 is 13.9 Å². The van der Waals surface area contributed by atoms with E-state index in [-0.39, 0.29) is 16.9 Å². The first-order valence-electron chi connectivity index (χ1n) is 7.42. The number of halogens is 2. The molecular weight excluding hydrogens is 258 g/mol. The Morgan fingerprint density at radius 2 is 1.55 bits per heavy atom. The maximum atomic E-state index is 13.7. The van der Waals surface area contributed by atoms with Crippen molar-refractivity contribution in [3.05, 3.63) is 35.4 Å². The summed E-state index contributed by atoms with van der Waals surface area (Å²) in [6.07, 6.45) is 2.66. The highest BCUT2D eigenvalue weighted by molar-refractivity contribution is 5.22. The van der Waals surface area contributed by atoms with E-state index in [0.29, 0.717) is 5.92 Å². The zero-order valence-electron chi connectivity index (χ0n) is 12.5. The van der Waals surface area contributed by atoms with Crippen LogP contribution in [0.5, 0.6) is 0 Å². The SMILES string of the molecule is CC(C)(C)C1CCC(C(O)c2c(F)cccc2F)CC1. The number of rotatable bonds is 2. The Balaban J connectivity index is 2.07. The number of benzene rings is 1.